The van der Waals surface area contributed by atoms with Crippen LogP contribution in [0.15, 0.2) is 126 Å². The second-order valence-corrected chi connectivity index (χ2v) is 9.44. The van der Waals surface area contributed by atoms with E-state index in [9.17, 15) is 0 Å². The summed E-state index contributed by atoms with van der Waals surface area (Å²) >= 11 is 0. The molecule has 0 unspecified atom stereocenters. The van der Waals surface area contributed by atoms with Crippen molar-refractivity contribution in [1.29, 1.82) is 0 Å². The van der Waals surface area contributed by atoms with E-state index in [-0.39, 0.29) is 0 Å². The molecule has 3 aromatic heterocycles. The zero-order chi connectivity index (χ0) is 24.3. The Hall–Kier alpha value is -5.02. The molecule has 37 heavy (non-hydrogen) atoms. The molecule has 0 radical (unpaired) electrons. The van der Waals surface area contributed by atoms with Gasteiger partial charge in [0.05, 0.1) is 5.52 Å². The fraction of sp³-hybridized carbons (Fsp3) is 0. The monoisotopic (exact) mass is 472 g/mol. The van der Waals surface area contributed by atoms with Gasteiger partial charge in [-0.3, -0.25) is 0 Å². The summed E-state index contributed by atoms with van der Waals surface area (Å²) in [5.74, 6) is 0. The molecule has 0 atom stereocenters. The van der Waals surface area contributed by atoms with Gasteiger partial charge in [-0.15, -0.1) is 0 Å². The molecule has 0 fully saturated rings. The standard InChI is InChI=1S/C34H20N2O/c1-2-8-21(9-3-1)29-20-35-34-27-14-7-15-31-32(27)28-19-23(16-17-30(28)37-31)26-13-5-4-12-25(26)22-10-6-11-24(18-22)33(29)36-34/h1-20H. The Morgan fingerprint density at radius 3 is 2.11 bits per heavy atom. The van der Waals surface area contributed by atoms with E-state index in [1.165, 1.54) is 10.8 Å². The first-order valence-corrected chi connectivity index (χ1v) is 12.4. The van der Waals surface area contributed by atoms with Crippen LogP contribution in [0.2, 0.25) is 0 Å². The fourth-order valence-corrected chi connectivity index (χ4v) is 5.56. The van der Waals surface area contributed by atoms with Crippen molar-refractivity contribution in [2.75, 3.05) is 0 Å². The normalized spacial score (nSPS) is 11.8. The molecule has 8 rings (SSSR count). The SMILES string of the molecule is c1ccc(-c2cnc3nc2c2cccc(c2)c2ccccc2c2ccc4oc5cccc3c5c4c2)cc1. The number of aromatic nitrogens is 2. The highest BCUT2D eigenvalue weighted by Gasteiger charge is 2.13. The summed E-state index contributed by atoms with van der Waals surface area (Å²) in [6, 6.07) is 40.2. The van der Waals surface area contributed by atoms with Crippen LogP contribution < -0.4 is 0 Å². The average molecular weight is 473 g/mol. The van der Waals surface area contributed by atoms with Crippen molar-refractivity contribution in [1.82, 2.24) is 9.97 Å². The Labute approximate surface area is 212 Å². The van der Waals surface area contributed by atoms with Crippen LogP contribution in [-0.2, 0) is 0 Å². The van der Waals surface area contributed by atoms with Crippen LogP contribution in [-0.4, -0.2) is 9.97 Å². The minimum atomic E-state index is 0.690. The second-order valence-electron chi connectivity index (χ2n) is 9.44. The molecular weight excluding hydrogens is 452 g/mol. The first-order chi connectivity index (χ1) is 18.3. The van der Waals surface area contributed by atoms with E-state index in [2.05, 4.69) is 97.1 Å². The lowest BCUT2D eigenvalue weighted by molar-refractivity contribution is 0.669. The van der Waals surface area contributed by atoms with E-state index >= 15 is 0 Å². The molecule has 0 spiro atoms. The quantitative estimate of drug-likeness (QED) is 0.239. The molecule has 0 aliphatic carbocycles. The Morgan fingerprint density at radius 2 is 1.24 bits per heavy atom. The molecule has 3 heteroatoms. The van der Waals surface area contributed by atoms with Crippen LogP contribution in [0.25, 0.3) is 76.5 Å². The average Bonchev–Trinajstić information content (AvgIpc) is 3.35. The number of rotatable bonds is 1. The van der Waals surface area contributed by atoms with Gasteiger partial charge in [-0.05, 0) is 51.4 Å². The Morgan fingerprint density at radius 1 is 0.514 bits per heavy atom. The molecule has 0 N–H and O–H groups in total. The van der Waals surface area contributed by atoms with Crippen LogP contribution in [0.4, 0.5) is 0 Å². The third-order valence-electron chi connectivity index (χ3n) is 7.29. The predicted octanol–water partition coefficient (Wildman–Crippen LogP) is 9.22. The highest BCUT2D eigenvalue weighted by atomic mass is 16.3. The molecule has 8 aromatic rings. The maximum atomic E-state index is 6.28. The van der Waals surface area contributed by atoms with Crippen molar-refractivity contribution in [2.45, 2.75) is 0 Å². The molecule has 0 aliphatic heterocycles. The summed E-state index contributed by atoms with van der Waals surface area (Å²) in [4.78, 5) is 10.1. The summed E-state index contributed by atoms with van der Waals surface area (Å²) in [7, 11) is 0. The maximum Gasteiger partial charge on any atom is 0.160 e. The lowest BCUT2D eigenvalue weighted by atomic mass is 10.0. The van der Waals surface area contributed by atoms with Crippen molar-refractivity contribution in [3.05, 3.63) is 121 Å². The van der Waals surface area contributed by atoms with E-state index in [1.807, 2.05) is 24.4 Å². The zero-order valence-corrected chi connectivity index (χ0v) is 19.8. The summed E-state index contributed by atoms with van der Waals surface area (Å²) in [5, 5.41) is 8.83. The molecule has 0 amide bonds. The summed E-state index contributed by atoms with van der Waals surface area (Å²) in [6.07, 6.45) is 1.96. The van der Waals surface area contributed by atoms with Crippen LogP contribution in [0, 0.1) is 0 Å². The molecule has 6 bridgehead atoms. The Kier molecular flexibility index (Phi) is 4.23. The maximum absolute atomic E-state index is 6.28. The molecular formula is C34H20N2O. The first-order valence-electron chi connectivity index (χ1n) is 12.4. The van der Waals surface area contributed by atoms with Gasteiger partial charge in [-0.1, -0.05) is 91.0 Å². The van der Waals surface area contributed by atoms with Gasteiger partial charge in [0.1, 0.15) is 11.2 Å². The number of furan rings is 1. The number of hydrogen-bond donors (Lipinski definition) is 0. The third kappa shape index (κ3) is 3.08. The Bertz CT molecular complexity index is 2190. The lowest BCUT2D eigenvalue weighted by Gasteiger charge is -2.06. The van der Waals surface area contributed by atoms with Gasteiger partial charge >= 0.3 is 0 Å². The van der Waals surface area contributed by atoms with E-state index in [0.29, 0.717) is 5.65 Å². The van der Waals surface area contributed by atoms with Gasteiger partial charge in [0.15, 0.2) is 5.65 Å². The minimum Gasteiger partial charge on any atom is -0.456 e. The number of fused-ring (bicyclic) bond motifs is 10. The van der Waals surface area contributed by atoms with Crippen LogP contribution in [0.3, 0.4) is 0 Å². The van der Waals surface area contributed by atoms with Crippen molar-refractivity contribution < 1.29 is 4.42 Å². The fourth-order valence-electron chi connectivity index (χ4n) is 5.56. The van der Waals surface area contributed by atoms with Crippen molar-refractivity contribution >= 4 is 65.4 Å². The van der Waals surface area contributed by atoms with Crippen molar-refractivity contribution in [2.24, 2.45) is 0 Å². The molecule has 3 nitrogen and oxygen atoms in total. The van der Waals surface area contributed by atoms with Crippen LogP contribution in [0.5, 0.6) is 0 Å². The van der Waals surface area contributed by atoms with Gasteiger partial charge < -0.3 is 4.42 Å². The topological polar surface area (TPSA) is 38.9 Å². The molecule has 172 valence electrons. The number of benzene rings is 5. The largest absolute Gasteiger partial charge is 0.456 e. The van der Waals surface area contributed by atoms with E-state index < -0.39 is 0 Å². The summed E-state index contributed by atoms with van der Waals surface area (Å²) in [5.41, 5.74) is 5.41. The smallest absolute Gasteiger partial charge is 0.160 e. The van der Waals surface area contributed by atoms with E-state index in [0.717, 1.165) is 60.1 Å². The van der Waals surface area contributed by atoms with Gasteiger partial charge in [0.25, 0.3) is 0 Å². The highest BCUT2D eigenvalue weighted by molar-refractivity contribution is 6.19. The summed E-state index contributed by atoms with van der Waals surface area (Å²) < 4.78 is 6.28. The lowest BCUT2D eigenvalue weighted by Crippen LogP contribution is -1.89. The minimum absolute atomic E-state index is 0.690. The van der Waals surface area contributed by atoms with Gasteiger partial charge in [-0.2, -0.15) is 0 Å². The van der Waals surface area contributed by atoms with Crippen molar-refractivity contribution in [3.63, 3.8) is 0 Å². The first kappa shape index (κ1) is 20.2. The molecule has 0 aliphatic rings. The van der Waals surface area contributed by atoms with Gasteiger partial charge in [-0.25, -0.2) is 9.97 Å². The molecule has 5 aromatic carbocycles. The van der Waals surface area contributed by atoms with E-state index in [1.54, 1.807) is 0 Å². The second kappa shape index (κ2) is 7.74. The van der Waals surface area contributed by atoms with Crippen molar-refractivity contribution in [3.8, 4) is 11.1 Å². The third-order valence-corrected chi connectivity index (χ3v) is 7.29. The zero-order valence-electron chi connectivity index (χ0n) is 19.8. The van der Waals surface area contributed by atoms with Crippen LogP contribution >= 0.6 is 0 Å². The molecule has 0 saturated carbocycles. The highest BCUT2D eigenvalue weighted by Crippen LogP contribution is 2.36. The van der Waals surface area contributed by atoms with Gasteiger partial charge in [0.2, 0.25) is 0 Å². The number of hydrogen-bond acceptors (Lipinski definition) is 3. The molecule has 3 heterocycles. The Balaban J connectivity index is 1.71. The number of nitrogens with zero attached hydrogens (tertiary/aromatic N) is 2. The summed E-state index contributed by atoms with van der Waals surface area (Å²) in [6.45, 7) is 0. The molecule has 0 saturated heterocycles. The predicted molar refractivity (Wildman–Crippen MR) is 154 cm³/mol. The van der Waals surface area contributed by atoms with Crippen LogP contribution in [0.1, 0.15) is 0 Å². The van der Waals surface area contributed by atoms with E-state index in [4.69, 9.17) is 14.4 Å². The van der Waals surface area contributed by atoms with Gasteiger partial charge in [0, 0.05) is 33.3 Å².